The highest BCUT2D eigenvalue weighted by molar-refractivity contribution is 8.93. The Labute approximate surface area is 226 Å². The van der Waals surface area contributed by atoms with E-state index in [0.29, 0.717) is 34.5 Å². The minimum Gasteiger partial charge on any atom is -0.493 e. The second-order valence-electron chi connectivity index (χ2n) is 9.56. The van der Waals surface area contributed by atoms with E-state index in [1.165, 1.54) is 19.1 Å². The molecule has 37 heavy (non-hydrogen) atoms. The van der Waals surface area contributed by atoms with Crippen LogP contribution in [0.4, 0.5) is 4.39 Å². The van der Waals surface area contributed by atoms with Crippen LogP contribution in [0.15, 0.2) is 18.2 Å². The normalized spacial score (nSPS) is 12.6. The number of amidine groups is 1. The fourth-order valence-corrected chi connectivity index (χ4v) is 4.26. The third-order valence-electron chi connectivity index (χ3n) is 5.94. The maximum absolute atomic E-state index is 15.1. The molecule has 11 heteroatoms. The molecule has 1 heterocycles. The lowest BCUT2D eigenvalue weighted by molar-refractivity contribution is -0.139. The number of ketones is 1. The molecule has 0 radical (unpaired) electrons. The molecule has 0 saturated carbocycles. The number of aliphatic carboxylic acids is 1. The number of rotatable bonds is 10. The van der Waals surface area contributed by atoms with Gasteiger partial charge in [-0.25, -0.2) is 9.18 Å². The Kier molecular flexibility index (Phi) is 9.67. The van der Waals surface area contributed by atoms with Gasteiger partial charge in [-0.05, 0) is 36.2 Å². The lowest BCUT2D eigenvalue weighted by atomic mass is 9.83. The van der Waals surface area contributed by atoms with E-state index in [9.17, 15) is 9.59 Å². The zero-order valence-electron chi connectivity index (χ0n) is 21.8. The molecule has 9 nitrogen and oxygen atoms in total. The van der Waals surface area contributed by atoms with E-state index in [-0.39, 0.29) is 58.8 Å². The summed E-state index contributed by atoms with van der Waals surface area (Å²) in [4.78, 5) is 26.0. The van der Waals surface area contributed by atoms with Crippen molar-refractivity contribution < 1.29 is 33.3 Å². The summed E-state index contributed by atoms with van der Waals surface area (Å²) in [5.74, 6) is -1.60. The van der Waals surface area contributed by atoms with Gasteiger partial charge in [0.05, 0.1) is 26.3 Å². The molecule has 0 unspecified atom stereocenters. The van der Waals surface area contributed by atoms with Crippen LogP contribution >= 0.6 is 17.0 Å². The van der Waals surface area contributed by atoms with Gasteiger partial charge in [0.25, 0.3) is 0 Å². The Morgan fingerprint density at radius 1 is 1.16 bits per heavy atom. The largest absolute Gasteiger partial charge is 0.493 e. The number of methoxy groups -OCH3 is 2. The minimum atomic E-state index is -1.10. The molecule has 0 aliphatic carbocycles. The minimum absolute atomic E-state index is 0. The van der Waals surface area contributed by atoms with Crippen LogP contribution in [0.1, 0.15) is 53.4 Å². The monoisotopic (exact) mass is 581 g/mol. The molecule has 0 spiro atoms. The number of halogens is 2. The first-order valence-corrected chi connectivity index (χ1v) is 11.4. The van der Waals surface area contributed by atoms with Crippen LogP contribution < -0.4 is 19.5 Å². The maximum atomic E-state index is 15.1. The highest BCUT2D eigenvalue weighted by Gasteiger charge is 2.33. The van der Waals surface area contributed by atoms with Gasteiger partial charge in [-0.2, -0.15) is 0 Å². The van der Waals surface area contributed by atoms with Crippen molar-refractivity contribution in [2.45, 2.75) is 39.3 Å². The van der Waals surface area contributed by atoms with E-state index in [0.717, 1.165) is 0 Å². The number of nitrogens with one attached hydrogen (secondary N) is 2. The molecule has 3 N–H and O–H groups in total. The number of carbonyl (C=O) groups excluding carboxylic acids is 1. The van der Waals surface area contributed by atoms with Gasteiger partial charge in [-0.1, -0.05) is 20.8 Å². The molecule has 1 aliphatic rings. The average Bonchev–Trinajstić information content (AvgIpc) is 3.11. The third-order valence-corrected chi connectivity index (χ3v) is 5.94. The molecule has 0 atom stereocenters. The van der Waals surface area contributed by atoms with Crippen LogP contribution in [-0.4, -0.2) is 62.0 Å². The van der Waals surface area contributed by atoms with E-state index in [4.69, 9.17) is 24.7 Å². The van der Waals surface area contributed by atoms with Crippen molar-refractivity contribution in [3.63, 3.8) is 0 Å². The standard InChI is InChI=1S/C26H32FN3O6.BrH/c1-26(2,3)17-8-14(7-15(10-29-4)23(17)36-13-20(32)33)18(31)12-30-11-16-9-19(34-5)24(35-6)22(27)21(16)25(30)28;/h7-9,28-29H,10-13H2,1-6H3,(H,32,33);1H. The van der Waals surface area contributed by atoms with Gasteiger partial charge in [0.1, 0.15) is 11.6 Å². The van der Waals surface area contributed by atoms with Crippen molar-refractivity contribution in [2.24, 2.45) is 0 Å². The smallest absolute Gasteiger partial charge is 0.341 e. The second kappa shape index (κ2) is 11.9. The fourth-order valence-electron chi connectivity index (χ4n) is 4.26. The number of Topliss-reactive ketones (excluding diaryl/α,β-unsaturated/α-hetero) is 1. The summed E-state index contributed by atoms with van der Waals surface area (Å²) in [6.07, 6.45) is 0. The number of carbonyl (C=O) groups is 2. The molecular weight excluding hydrogens is 549 g/mol. The molecule has 202 valence electrons. The number of ether oxygens (including phenoxy) is 3. The lowest BCUT2D eigenvalue weighted by Gasteiger charge is -2.26. The van der Waals surface area contributed by atoms with Crippen LogP contribution in [0.3, 0.4) is 0 Å². The predicted molar refractivity (Wildman–Crippen MR) is 142 cm³/mol. The third kappa shape index (κ3) is 6.22. The SMILES string of the molecule is Br.CNCc1cc(C(=O)CN2Cc3cc(OC)c(OC)c(F)c3C2=N)cc(C(C)(C)C)c1OCC(=O)O. The molecule has 0 fully saturated rings. The first kappa shape index (κ1) is 30.0. The zero-order chi connectivity index (χ0) is 26.8. The topological polar surface area (TPSA) is 121 Å². The van der Waals surface area contributed by atoms with Crippen molar-refractivity contribution in [3.05, 3.63) is 51.8 Å². The van der Waals surface area contributed by atoms with Gasteiger partial charge in [0.2, 0.25) is 0 Å². The zero-order valence-corrected chi connectivity index (χ0v) is 23.5. The first-order valence-electron chi connectivity index (χ1n) is 11.4. The molecule has 2 aromatic rings. The Bertz CT molecular complexity index is 1210. The number of benzene rings is 2. The summed E-state index contributed by atoms with van der Waals surface area (Å²) < 4.78 is 31.0. The quantitative estimate of drug-likeness (QED) is 0.361. The number of nitrogens with zero attached hydrogens (tertiary/aromatic N) is 1. The van der Waals surface area contributed by atoms with E-state index < -0.39 is 23.8 Å². The fraction of sp³-hybridized carbons (Fsp3) is 0.423. The Hall–Kier alpha value is -3.18. The van der Waals surface area contributed by atoms with Crippen molar-refractivity contribution in [1.82, 2.24) is 10.2 Å². The van der Waals surface area contributed by atoms with E-state index >= 15 is 4.39 Å². The van der Waals surface area contributed by atoms with E-state index in [2.05, 4.69) is 5.32 Å². The van der Waals surface area contributed by atoms with Gasteiger partial charge in [0, 0.05) is 29.8 Å². The van der Waals surface area contributed by atoms with Crippen molar-refractivity contribution in [3.8, 4) is 17.2 Å². The van der Waals surface area contributed by atoms with Gasteiger partial charge < -0.3 is 29.5 Å². The summed E-state index contributed by atoms with van der Waals surface area (Å²) in [5.41, 5.74) is 1.91. The summed E-state index contributed by atoms with van der Waals surface area (Å²) in [7, 11) is 4.48. The average molecular weight is 582 g/mol. The maximum Gasteiger partial charge on any atom is 0.341 e. The highest BCUT2D eigenvalue weighted by atomic mass is 79.9. The number of carboxylic acid groups (broad SMARTS) is 1. The lowest BCUT2D eigenvalue weighted by Crippen LogP contribution is -2.31. The van der Waals surface area contributed by atoms with Gasteiger partial charge in [0.15, 0.2) is 29.7 Å². The van der Waals surface area contributed by atoms with Gasteiger partial charge in [-0.3, -0.25) is 10.2 Å². The Morgan fingerprint density at radius 3 is 2.38 bits per heavy atom. The molecule has 0 amide bonds. The molecular formula is C26H33BrFN3O6. The summed E-state index contributed by atoms with van der Waals surface area (Å²) in [5, 5.41) is 20.7. The van der Waals surface area contributed by atoms with Crippen LogP contribution in [0, 0.1) is 11.2 Å². The van der Waals surface area contributed by atoms with Crippen molar-refractivity contribution in [2.75, 3.05) is 34.4 Å². The molecule has 0 saturated heterocycles. The number of fused-ring (bicyclic) bond motifs is 1. The van der Waals surface area contributed by atoms with Crippen molar-refractivity contribution >= 4 is 34.6 Å². The number of carboxylic acids is 1. The van der Waals surface area contributed by atoms with Crippen LogP contribution in [0.5, 0.6) is 17.2 Å². The summed E-state index contributed by atoms with van der Waals surface area (Å²) in [6, 6.07) is 5.00. The van der Waals surface area contributed by atoms with Crippen molar-refractivity contribution in [1.29, 1.82) is 5.41 Å². The highest BCUT2D eigenvalue weighted by Crippen LogP contribution is 2.39. The van der Waals surface area contributed by atoms with E-state index in [1.54, 1.807) is 25.2 Å². The van der Waals surface area contributed by atoms with Gasteiger partial charge >= 0.3 is 5.97 Å². The Morgan fingerprint density at radius 2 is 1.84 bits per heavy atom. The van der Waals surface area contributed by atoms with E-state index in [1.807, 2.05) is 20.8 Å². The van der Waals surface area contributed by atoms with Gasteiger partial charge in [-0.15, -0.1) is 17.0 Å². The molecule has 0 bridgehead atoms. The van der Waals surface area contributed by atoms with Crippen LogP contribution in [0.2, 0.25) is 0 Å². The van der Waals surface area contributed by atoms with Crippen LogP contribution in [0.25, 0.3) is 0 Å². The second-order valence-corrected chi connectivity index (χ2v) is 9.56. The number of hydrogen-bond donors (Lipinski definition) is 3. The first-order chi connectivity index (χ1) is 16.9. The summed E-state index contributed by atoms with van der Waals surface area (Å²) in [6.45, 7) is 5.73. The molecule has 1 aliphatic heterocycles. The van der Waals surface area contributed by atoms with Crippen LogP contribution in [-0.2, 0) is 23.3 Å². The molecule has 2 aromatic carbocycles. The Balaban J connectivity index is 0.00000481. The molecule has 0 aromatic heterocycles. The molecule has 3 rings (SSSR count). The summed E-state index contributed by atoms with van der Waals surface area (Å²) >= 11 is 0. The predicted octanol–water partition coefficient (Wildman–Crippen LogP) is 3.92. The number of hydrogen-bond acceptors (Lipinski definition) is 7.